The van der Waals surface area contributed by atoms with E-state index in [9.17, 15) is 0 Å². The molecule has 10 heavy (non-hydrogen) atoms. The normalized spacial score (nSPS) is 33.0. The van der Waals surface area contributed by atoms with Crippen LogP contribution in [0.2, 0.25) is 0 Å². The summed E-state index contributed by atoms with van der Waals surface area (Å²) in [6.45, 7) is 4.95. The highest BCUT2D eigenvalue weighted by atomic mass is 32.1. The number of hydrogen-bond donors (Lipinski definition) is 1. The molecule has 0 radical (unpaired) electrons. The number of likely N-dealkylation sites (tertiary alicyclic amines) is 1. The van der Waals surface area contributed by atoms with Crippen LogP contribution in [0.25, 0.3) is 0 Å². The van der Waals surface area contributed by atoms with Gasteiger partial charge in [-0.25, -0.2) is 0 Å². The van der Waals surface area contributed by atoms with E-state index in [1.807, 2.05) is 0 Å². The molecule has 0 unspecified atom stereocenters. The molecule has 0 N–H and O–H groups in total. The van der Waals surface area contributed by atoms with E-state index in [4.69, 9.17) is 0 Å². The van der Waals surface area contributed by atoms with Crippen molar-refractivity contribution in [2.75, 3.05) is 33.2 Å². The number of hydrogen-bond acceptors (Lipinski definition) is 3. The first-order chi connectivity index (χ1) is 4.70. The topological polar surface area (TPSA) is 6.48 Å². The Morgan fingerprint density at radius 3 is 2.40 bits per heavy atom. The lowest BCUT2D eigenvalue weighted by molar-refractivity contribution is 0.0935. The average molecular weight is 158 g/mol. The van der Waals surface area contributed by atoms with Crippen molar-refractivity contribution < 1.29 is 0 Å². The van der Waals surface area contributed by atoms with Crippen LogP contribution in [0.4, 0.5) is 0 Å². The van der Waals surface area contributed by atoms with Crippen molar-refractivity contribution in [1.82, 2.24) is 9.21 Å². The highest BCUT2D eigenvalue weighted by Crippen LogP contribution is 2.39. The lowest BCUT2D eigenvalue weighted by Crippen LogP contribution is -2.52. The van der Waals surface area contributed by atoms with E-state index in [2.05, 4.69) is 29.1 Å². The molecular weight excluding hydrogens is 144 g/mol. The van der Waals surface area contributed by atoms with Crippen molar-refractivity contribution in [3.63, 3.8) is 0 Å². The summed E-state index contributed by atoms with van der Waals surface area (Å²) in [6.07, 6.45) is 1.38. The summed E-state index contributed by atoms with van der Waals surface area (Å²) in [4.78, 5) is 2.42. The zero-order chi connectivity index (χ0) is 7.19. The Kier molecular flexibility index (Phi) is 1.48. The number of nitrogens with zero attached hydrogens (tertiary/aromatic N) is 2. The van der Waals surface area contributed by atoms with Crippen LogP contribution in [0, 0.1) is 5.41 Å². The molecule has 1 spiro atoms. The molecule has 2 nitrogen and oxygen atoms in total. The third-order valence-corrected chi connectivity index (χ3v) is 2.95. The SMILES string of the molecule is CN1CCC2(C1)CN(S)C2. The van der Waals surface area contributed by atoms with E-state index < -0.39 is 0 Å². The standard InChI is InChI=1S/C7H14N2S/c1-8-3-2-7(4-8)5-9(10)6-7/h10H,2-6H2,1H3. The van der Waals surface area contributed by atoms with Gasteiger partial charge in [0.15, 0.2) is 0 Å². The molecule has 0 amide bonds. The Labute approximate surface area is 67.7 Å². The van der Waals surface area contributed by atoms with Crippen molar-refractivity contribution in [3.05, 3.63) is 0 Å². The molecule has 0 aromatic heterocycles. The van der Waals surface area contributed by atoms with E-state index in [1.54, 1.807) is 0 Å². The zero-order valence-corrected chi connectivity index (χ0v) is 7.27. The fraction of sp³-hybridized carbons (Fsp3) is 1.00. The highest BCUT2D eigenvalue weighted by Gasteiger charge is 2.45. The van der Waals surface area contributed by atoms with Gasteiger partial charge < -0.3 is 4.90 Å². The lowest BCUT2D eigenvalue weighted by atomic mass is 9.81. The quantitative estimate of drug-likeness (QED) is 0.512. The summed E-state index contributed by atoms with van der Waals surface area (Å²) in [5.41, 5.74) is 0.635. The molecule has 2 aliphatic rings. The van der Waals surface area contributed by atoms with Crippen LogP contribution in [-0.4, -0.2) is 42.4 Å². The predicted molar refractivity (Wildman–Crippen MR) is 45.1 cm³/mol. The molecule has 0 bridgehead atoms. The maximum atomic E-state index is 4.28. The van der Waals surface area contributed by atoms with E-state index in [0.717, 1.165) is 0 Å². The highest BCUT2D eigenvalue weighted by molar-refractivity contribution is 7.77. The van der Waals surface area contributed by atoms with E-state index in [-0.39, 0.29) is 0 Å². The van der Waals surface area contributed by atoms with Crippen molar-refractivity contribution in [1.29, 1.82) is 0 Å². The lowest BCUT2D eigenvalue weighted by Gasteiger charge is -2.44. The summed E-state index contributed by atoms with van der Waals surface area (Å²) < 4.78 is 2.11. The van der Waals surface area contributed by atoms with Gasteiger partial charge in [-0.15, -0.1) is 0 Å². The van der Waals surface area contributed by atoms with Gasteiger partial charge >= 0.3 is 0 Å². The van der Waals surface area contributed by atoms with E-state index >= 15 is 0 Å². The van der Waals surface area contributed by atoms with Gasteiger partial charge in [0.25, 0.3) is 0 Å². The minimum absolute atomic E-state index is 0.635. The molecule has 2 aliphatic heterocycles. The molecule has 0 aromatic rings. The second-order valence-corrected chi connectivity index (χ2v) is 4.38. The first-order valence-electron chi connectivity index (χ1n) is 3.83. The van der Waals surface area contributed by atoms with Gasteiger partial charge in [0.05, 0.1) is 0 Å². The molecule has 2 saturated heterocycles. The van der Waals surface area contributed by atoms with Crippen molar-refractivity contribution in [3.8, 4) is 0 Å². The number of thiol groups is 1. The monoisotopic (exact) mass is 158 g/mol. The smallest absolute Gasteiger partial charge is 0.0169 e. The average Bonchev–Trinajstić information content (AvgIpc) is 2.10. The van der Waals surface area contributed by atoms with E-state index in [0.29, 0.717) is 5.41 Å². The summed E-state index contributed by atoms with van der Waals surface area (Å²) >= 11 is 4.28. The fourth-order valence-corrected chi connectivity index (χ4v) is 2.74. The molecule has 0 atom stereocenters. The van der Waals surface area contributed by atoms with Crippen LogP contribution >= 0.6 is 12.8 Å². The maximum absolute atomic E-state index is 4.28. The summed E-state index contributed by atoms with van der Waals surface area (Å²) in [5, 5.41) is 0. The summed E-state index contributed by atoms with van der Waals surface area (Å²) in [7, 11) is 2.20. The number of rotatable bonds is 0. The Balaban J connectivity index is 1.95. The van der Waals surface area contributed by atoms with Crippen molar-refractivity contribution >= 4 is 12.8 Å². The molecule has 0 aromatic carbocycles. The third-order valence-electron chi connectivity index (χ3n) is 2.67. The molecule has 0 aliphatic carbocycles. The zero-order valence-electron chi connectivity index (χ0n) is 6.38. The molecule has 2 rings (SSSR count). The van der Waals surface area contributed by atoms with Gasteiger partial charge in [-0.1, -0.05) is 12.8 Å². The third kappa shape index (κ3) is 0.966. The van der Waals surface area contributed by atoms with Crippen LogP contribution in [-0.2, 0) is 0 Å². The molecule has 2 heterocycles. The van der Waals surface area contributed by atoms with Crippen molar-refractivity contribution in [2.24, 2.45) is 5.41 Å². The van der Waals surface area contributed by atoms with Crippen LogP contribution in [0.15, 0.2) is 0 Å². The minimum atomic E-state index is 0.635. The van der Waals surface area contributed by atoms with Crippen LogP contribution in [0.1, 0.15) is 6.42 Å². The molecule has 2 fully saturated rings. The van der Waals surface area contributed by atoms with Gasteiger partial charge in [-0.05, 0) is 20.0 Å². The Morgan fingerprint density at radius 1 is 1.30 bits per heavy atom. The van der Waals surface area contributed by atoms with Gasteiger partial charge in [0.2, 0.25) is 0 Å². The summed E-state index contributed by atoms with van der Waals surface area (Å²) in [5.74, 6) is 0. The summed E-state index contributed by atoms with van der Waals surface area (Å²) in [6, 6.07) is 0. The molecular formula is C7H14N2S. The second kappa shape index (κ2) is 2.13. The first kappa shape index (κ1) is 6.95. The molecule has 3 heteroatoms. The molecule has 58 valence electrons. The van der Waals surface area contributed by atoms with Crippen LogP contribution in [0.3, 0.4) is 0 Å². The van der Waals surface area contributed by atoms with E-state index in [1.165, 1.54) is 32.6 Å². The van der Waals surface area contributed by atoms with Crippen LogP contribution in [0.5, 0.6) is 0 Å². The van der Waals surface area contributed by atoms with Gasteiger partial charge in [-0.3, -0.25) is 4.31 Å². The largest absolute Gasteiger partial charge is 0.306 e. The Bertz CT molecular complexity index is 137. The maximum Gasteiger partial charge on any atom is 0.0169 e. The molecule has 0 saturated carbocycles. The van der Waals surface area contributed by atoms with Crippen molar-refractivity contribution in [2.45, 2.75) is 6.42 Å². The van der Waals surface area contributed by atoms with Gasteiger partial charge in [0, 0.05) is 25.0 Å². The Morgan fingerprint density at radius 2 is 2.00 bits per heavy atom. The first-order valence-corrected chi connectivity index (χ1v) is 4.23. The van der Waals surface area contributed by atoms with Gasteiger partial charge in [0.1, 0.15) is 0 Å². The minimum Gasteiger partial charge on any atom is -0.306 e. The van der Waals surface area contributed by atoms with Gasteiger partial charge in [-0.2, -0.15) is 0 Å². The fourth-order valence-electron chi connectivity index (χ4n) is 2.14. The second-order valence-electron chi connectivity index (χ2n) is 3.81. The Hall–Kier alpha value is 0.270. The predicted octanol–water partition coefficient (Wildman–Crippen LogP) is 0.469. The van der Waals surface area contributed by atoms with Crippen LogP contribution < -0.4 is 0 Å².